The second-order valence-corrected chi connectivity index (χ2v) is 5.30. The summed E-state index contributed by atoms with van der Waals surface area (Å²) in [5.74, 6) is -0.119. The van der Waals surface area contributed by atoms with Crippen molar-refractivity contribution in [3.63, 3.8) is 0 Å². The van der Waals surface area contributed by atoms with Crippen LogP contribution in [0.4, 0.5) is 10.1 Å². The number of nitrogens with zero attached hydrogens (tertiary/aromatic N) is 1. The zero-order chi connectivity index (χ0) is 14.0. The molecule has 2 aromatic rings. The summed E-state index contributed by atoms with van der Waals surface area (Å²) in [6.45, 7) is 0.722. The normalized spacial score (nSPS) is 15.4. The summed E-state index contributed by atoms with van der Waals surface area (Å²) in [4.78, 5) is 0. The van der Waals surface area contributed by atoms with Gasteiger partial charge in [0, 0.05) is 17.6 Å². The lowest BCUT2D eigenvalue weighted by molar-refractivity contribution is 0.578. The number of rotatable bonds is 4. The van der Waals surface area contributed by atoms with Crippen LogP contribution in [0, 0.1) is 17.1 Å². The molecule has 0 heterocycles. The van der Waals surface area contributed by atoms with E-state index in [-0.39, 0.29) is 11.2 Å². The molecule has 2 aromatic carbocycles. The summed E-state index contributed by atoms with van der Waals surface area (Å²) >= 11 is 0. The largest absolute Gasteiger partial charge is 0.384 e. The molecule has 0 spiro atoms. The molecule has 3 rings (SSSR count). The molecule has 100 valence electrons. The fourth-order valence-corrected chi connectivity index (χ4v) is 2.52. The lowest BCUT2D eigenvalue weighted by Crippen LogP contribution is -2.20. The zero-order valence-electron chi connectivity index (χ0n) is 11.1. The van der Waals surface area contributed by atoms with Crippen LogP contribution in [-0.4, -0.2) is 6.54 Å². The van der Waals surface area contributed by atoms with E-state index in [2.05, 4.69) is 11.4 Å². The molecule has 3 heteroatoms. The van der Waals surface area contributed by atoms with Gasteiger partial charge < -0.3 is 5.32 Å². The van der Waals surface area contributed by atoms with Crippen molar-refractivity contribution in [1.82, 2.24) is 0 Å². The molecular formula is C17H15FN2. The Balaban J connectivity index is 1.72. The standard InChI is InChI=1S/C17H15FN2/c18-16-4-2-1-3-15(16)17(9-10-17)12-20-14-7-5-13(11-19)6-8-14/h1-8,20H,9-10,12H2. The van der Waals surface area contributed by atoms with Crippen LogP contribution in [0.15, 0.2) is 48.5 Å². The SMILES string of the molecule is N#Cc1ccc(NCC2(c3ccccc3F)CC2)cc1. The van der Waals surface area contributed by atoms with E-state index in [1.165, 1.54) is 6.07 Å². The molecule has 0 radical (unpaired) electrons. The van der Waals surface area contributed by atoms with Gasteiger partial charge in [-0.05, 0) is 48.7 Å². The maximum atomic E-state index is 13.9. The third-order valence-electron chi connectivity index (χ3n) is 3.94. The molecular weight excluding hydrogens is 251 g/mol. The molecule has 0 saturated heterocycles. The molecule has 20 heavy (non-hydrogen) atoms. The van der Waals surface area contributed by atoms with Crippen LogP contribution in [0.3, 0.4) is 0 Å². The van der Waals surface area contributed by atoms with Gasteiger partial charge in [0.25, 0.3) is 0 Å². The first kappa shape index (κ1) is 12.7. The Morgan fingerprint density at radius 2 is 1.80 bits per heavy atom. The molecule has 1 aliphatic rings. The van der Waals surface area contributed by atoms with Gasteiger partial charge in [0.15, 0.2) is 0 Å². The molecule has 0 aromatic heterocycles. The lowest BCUT2D eigenvalue weighted by Gasteiger charge is -2.18. The van der Waals surface area contributed by atoms with E-state index in [1.54, 1.807) is 18.2 Å². The Bertz CT molecular complexity index is 651. The fourth-order valence-electron chi connectivity index (χ4n) is 2.52. The van der Waals surface area contributed by atoms with Crippen LogP contribution in [-0.2, 0) is 5.41 Å². The number of hydrogen-bond acceptors (Lipinski definition) is 2. The van der Waals surface area contributed by atoms with Crippen LogP contribution in [0.5, 0.6) is 0 Å². The Labute approximate surface area is 117 Å². The first-order chi connectivity index (χ1) is 9.73. The number of nitriles is 1. The molecule has 1 saturated carbocycles. The molecule has 0 aliphatic heterocycles. The van der Waals surface area contributed by atoms with Gasteiger partial charge in [0.2, 0.25) is 0 Å². The van der Waals surface area contributed by atoms with Gasteiger partial charge in [-0.25, -0.2) is 4.39 Å². The number of anilines is 1. The highest BCUT2D eigenvalue weighted by molar-refractivity contribution is 5.48. The van der Waals surface area contributed by atoms with Crippen molar-refractivity contribution >= 4 is 5.69 Å². The van der Waals surface area contributed by atoms with E-state index < -0.39 is 0 Å². The highest BCUT2D eigenvalue weighted by Crippen LogP contribution is 2.48. The quantitative estimate of drug-likeness (QED) is 0.912. The molecule has 2 nitrogen and oxygen atoms in total. The monoisotopic (exact) mass is 266 g/mol. The molecule has 0 amide bonds. The van der Waals surface area contributed by atoms with Crippen molar-refractivity contribution < 1.29 is 4.39 Å². The summed E-state index contributed by atoms with van der Waals surface area (Å²) in [6, 6.07) is 16.4. The van der Waals surface area contributed by atoms with Gasteiger partial charge in [0.05, 0.1) is 11.6 Å². The number of nitrogens with one attached hydrogen (secondary N) is 1. The summed E-state index contributed by atoms with van der Waals surface area (Å²) in [7, 11) is 0. The number of halogens is 1. The van der Waals surface area contributed by atoms with E-state index in [9.17, 15) is 4.39 Å². The van der Waals surface area contributed by atoms with E-state index in [1.807, 2.05) is 24.3 Å². The van der Waals surface area contributed by atoms with Gasteiger partial charge in [-0.2, -0.15) is 5.26 Å². The highest BCUT2D eigenvalue weighted by atomic mass is 19.1. The molecule has 1 aliphatic carbocycles. The van der Waals surface area contributed by atoms with Gasteiger partial charge >= 0.3 is 0 Å². The van der Waals surface area contributed by atoms with Crippen LogP contribution in [0.2, 0.25) is 0 Å². The van der Waals surface area contributed by atoms with Crippen molar-refractivity contribution in [3.8, 4) is 6.07 Å². The first-order valence-corrected chi connectivity index (χ1v) is 6.73. The molecule has 1 N–H and O–H groups in total. The predicted molar refractivity (Wildman–Crippen MR) is 77.0 cm³/mol. The van der Waals surface area contributed by atoms with Crippen LogP contribution < -0.4 is 5.32 Å². The highest BCUT2D eigenvalue weighted by Gasteiger charge is 2.45. The second kappa shape index (κ2) is 4.97. The third kappa shape index (κ3) is 2.37. The fraction of sp³-hybridized carbons (Fsp3) is 0.235. The van der Waals surface area contributed by atoms with Gasteiger partial charge in [-0.1, -0.05) is 18.2 Å². The molecule has 0 unspecified atom stereocenters. The minimum atomic E-state index is -0.119. The Hall–Kier alpha value is -2.34. The second-order valence-electron chi connectivity index (χ2n) is 5.30. The van der Waals surface area contributed by atoms with Gasteiger partial charge in [0.1, 0.15) is 5.82 Å². The van der Waals surface area contributed by atoms with E-state index >= 15 is 0 Å². The predicted octanol–water partition coefficient (Wildman–Crippen LogP) is 3.84. The summed E-state index contributed by atoms with van der Waals surface area (Å²) in [5, 5.41) is 12.1. The Morgan fingerprint density at radius 3 is 2.40 bits per heavy atom. The number of benzene rings is 2. The van der Waals surface area contributed by atoms with Crippen LogP contribution in [0.25, 0.3) is 0 Å². The minimum absolute atomic E-state index is 0.0702. The average Bonchev–Trinajstić information content (AvgIpc) is 3.27. The molecule has 1 fully saturated rings. The average molecular weight is 266 g/mol. The van der Waals surface area contributed by atoms with Crippen molar-refractivity contribution in [2.45, 2.75) is 18.3 Å². The summed E-state index contributed by atoms with van der Waals surface area (Å²) < 4.78 is 13.9. The summed E-state index contributed by atoms with van der Waals surface area (Å²) in [5.41, 5.74) is 2.35. The topological polar surface area (TPSA) is 35.8 Å². The lowest BCUT2D eigenvalue weighted by atomic mass is 9.95. The number of hydrogen-bond donors (Lipinski definition) is 1. The van der Waals surface area contributed by atoms with Crippen molar-refractivity contribution in [2.24, 2.45) is 0 Å². The van der Waals surface area contributed by atoms with E-state index in [0.717, 1.165) is 30.6 Å². The molecule has 0 atom stereocenters. The molecule has 0 bridgehead atoms. The van der Waals surface area contributed by atoms with E-state index in [0.29, 0.717) is 5.56 Å². The first-order valence-electron chi connectivity index (χ1n) is 6.73. The zero-order valence-corrected chi connectivity index (χ0v) is 11.1. The smallest absolute Gasteiger partial charge is 0.127 e. The minimum Gasteiger partial charge on any atom is -0.384 e. The maximum Gasteiger partial charge on any atom is 0.127 e. The van der Waals surface area contributed by atoms with Gasteiger partial charge in [-0.3, -0.25) is 0 Å². The Kier molecular flexibility index (Phi) is 3.15. The van der Waals surface area contributed by atoms with Crippen molar-refractivity contribution in [1.29, 1.82) is 5.26 Å². The van der Waals surface area contributed by atoms with E-state index in [4.69, 9.17) is 5.26 Å². The summed E-state index contributed by atoms with van der Waals surface area (Å²) in [6.07, 6.45) is 2.02. The van der Waals surface area contributed by atoms with Gasteiger partial charge in [-0.15, -0.1) is 0 Å². The van der Waals surface area contributed by atoms with Crippen molar-refractivity contribution in [3.05, 3.63) is 65.5 Å². The Morgan fingerprint density at radius 1 is 1.10 bits per heavy atom. The maximum absolute atomic E-state index is 13.9. The third-order valence-corrected chi connectivity index (χ3v) is 3.94. The van der Waals surface area contributed by atoms with Crippen LogP contribution in [0.1, 0.15) is 24.0 Å². The van der Waals surface area contributed by atoms with Crippen molar-refractivity contribution in [2.75, 3.05) is 11.9 Å². The van der Waals surface area contributed by atoms with Crippen LogP contribution >= 0.6 is 0 Å².